The van der Waals surface area contributed by atoms with Crippen molar-refractivity contribution < 1.29 is 39.0 Å². The molecule has 6 atom stereocenters. The van der Waals surface area contributed by atoms with Gasteiger partial charge in [-0.3, -0.25) is 28.8 Å². The van der Waals surface area contributed by atoms with Gasteiger partial charge < -0.3 is 36.8 Å². The van der Waals surface area contributed by atoms with Crippen molar-refractivity contribution in [2.45, 2.75) is 124 Å². The first kappa shape index (κ1) is 42.0. The number of hydrogen-bond donors (Lipinski definition) is 7. The van der Waals surface area contributed by atoms with Crippen LogP contribution in [-0.2, 0) is 35.2 Å². The summed E-state index contributed by atoms with van der Waals surface area (Å²) in [6, 6.07) is 5.45. The van der Waals surface area contributed by atoms with Gasteiger partial charge in [-0.1, -0.05) is 78.3 Å². The second-order valence-corrected chi connectivity index (χ2v) is 13.1. The van der Waals surface area contributed by atoms with E-state index in [-0.39, 0.29) is 62.2 Å². The van der Waals surface area contributed by atoms with E-state index in [1.54, 1.807) is 27.7 Å². The molecule has 0 bridgehead atoms. The van der Waals surface area contributed by atoms with E-state index >= 15 is 0 Å². The molecule has 0 unspecified atom stereocenters. The Morgan fingerprint density at radius 3 is 1.92 bits per heavy atom. The first-order chi connectivity index (χ1) is 22.6. The van der Waals surface area contributed by atoms with Crippen LogP contribution in [0.4, 0.5) is 0 Å². The molecule has 5 amide bonds. The van der Waals surface area contributed by atoms with Crippen molar-refractivity contribution in [1.29, 1.82) is 0 Å². The van der Waals surface area contributed by atoms with Gasteiger partial charge in [0.25, 0.3) is 0 Å². The number of aliphatic carboxylic acids is 1. The molecule has 0 radical (unpaired) electrons. The van der Waals surface area contributed by atoms with Gasteiger partial charge >= 0.3 is 5.97 Å². The summed E-state index contributed by atoms with van der Waals surface area (Å²) >= 11 is 0. The molecule has 270 valence electrons. The maximum absolute atomic E-state index is 13.8. The lowest BCUT2D eigenvalue weighted by Crippen LogP contribution is -2.58. The summed E-state index contributed by atoms with van der Waals surface area (Å²) in [5.41, 5.74) is 0.802. The normalized spacial score (nSPS) is 15.0. The van der Waals surface area contributed by atoms with Crippen LogP contribution in [-0.4, -0.2) is 82.5 Å². The molecule has 48 heavy (non-hydrogen) atoms. The molecule has 13 nitrogen and oxygen atoms in total. The summed E-state index contributed by atoms with van der Waals surface area (Å²) in [4.78, 5) is 76.2. The van der Waals surface area contributed by atoms with Gasteiger partial charge in [0.2, 0.25) is 29.5 Å². The van der Waals surface area contributed by atoms with Crippen LogP contribution in [0.1, 0.15) is 92.6 Å². The number of carboxylic acid groups (broad SMARTS) is 1. The molecule has 13 heteroatoms. The van der Waals surface area contributed by atoms with Crippen LogP contribution in [0, 0.1) is 17.8 Å². The Morgan fingerprint density at radius 2 is 1.38 bits per heavy atom. The fraction of sp³-hybridized carbons (Fsp3) is 0.657. The zero-order chi connectivity index (χ0) is 36.4. The number of benzene rings is 1. The van der Waals surface area contributed by atoms with Crippen LogP contribution in [0.15, 0.2) is 30.3 Å². The topological polar surface area (TPSA) is 203 Å². The van der Waals surface area contributed by atoms with Gasteiger partial charge in [-0.15, -0.1) is 0 Å². The number of aliphatic hydroxyl groups is 1. The number of rotatable bonds is 22. The van der Waals surface area contributed by atoms with E-state index < -0.39 is 59.9 Å². The van der Waals surface area contributed by atoms with E-state index in [0.29, 0.717) is 13.0 Å². The van der Waals surface area contributed by atoms with Gasteiger partial charge in [-0.25, -0.2) is 0 Å². The highest BCUT2D eigenvalue weighted by Gasteiger charge is 2.33. The highest BCUT2D eigenvalue weighted by atomic mass is 16.4. The minimum absolute atomic E-state index is 0.0146. The van der Waals surface area contributed by atoms with Gasteiger partial charge in [-0.2, -0.15) is 0 Å². The molecule has 1 aromatic carbocycles. The third-order valence-electron chi connectivity index (χ3n) is 8.05. The van der Waals surface area contributed by atoms with Crippen LogP contribution >= 0.6 is 0 Å². The molecule has 0 saturated carbocycles. The fourth-order valence-corrected chi connectivity index (χ4v) is 5.13. The van der Waals surface area contributed by atoms with Crippen molar-refractivity contribution in [3.63, 3.8) is 0 Å². The van der Waals surface area contributed by atoms with Gasteiger partial charge in [0.1, 0.15) is 18.1 Å². The molecule has 1 rings (SSSR count). The van der Waals surface area contributed by atoms with E-state index in [9.17, 15) is 33.9 Å². The van der Waals surface area contributed by atoms with Crippen molar-refractivity contribution in [3.8, 4) is 0 Å². The maximum atomic E-state index is 13.8. The van der Waals surface area contributed by atoms with Crippen molar-refractivity contribution in [3.05, 3.63) is 35.9 Å². The number of carbonyl (C=O) groups is 6. The average Bonchev–Trinajstić information content (AvgIpc) is 3.01. The molecular formula is C35H57N5O8. The van der Waals surface area contributed by atoms with Gasteiger partial charge in [0.05, 0.1) is 18.6 Å². The van der Waals surface area contributed by atoms with Crippen molar-refractivity contribution in [1.82, 2.24) is 26.6 Å². The lowest BCUT2D eigenvalue weighted by Gasteiger charge is -2.30. The number of amides is 5. The molecule has 0 aliphatic rings. The minimum atomic E-state index is -1.33. The lowest BCUT2D eigenvalue weighted by molar-refractivity contribution is -0.137. The Labute approximate surface area is 284 Å². The van der Waals surface area contributed by atoms with E-state index in [4.69, 9.17) is 5.11 Å². The Morgan fingerprint density at radius 1 is 0.750 bits per heavy atom. The van der Waals surface area contributed by atoms with E-state index in [2.05, 4.69) is 26.6 Å². The average molecular weight is 676 g/mol. The van der Waals surface area contributed by atoms with Crippen LogP contribution in [0.5, 0.6) is 0 Å². The lowest BCUT2D eigenvalue weighted by atomic mass is 9.95. The predicted octanol–water partition coefficient (Wildman–Crippen LogP) is 2.06. The number of nitrogens with one attached hydrogen (secondary N) is 5. The Hall–Kier alpha value is -4.00. The summed E-state index contributed by atoms with van der Waals surface area (Å²) in [6.07, 6.45) is -0.814. The van der Waals surface area contributed by atoms with Gasteiger partial charge in [0.15, 0.2) is 0 Å². The van der Waals surface area contributed by atoms with E-state index in [0.717, 1.165) is 5.56 Å². The second-order valence-electron chi connectivity index (χ2n) is 13.1. The molecule has 0 saturated heterocycles. The number of carbonyl (C=O) groups excluding carboxylic acids is 5. The monoisotopic (exact) mass is 675 g/mol. The molecule has 0 heterocycles. The number of likely N-dealkylation sites (N-methyl/N-ethyl adjacent to an activating group) is 1. The quantitative estimate of drug-likeness (QED) is 0.0967. The third kappa shape index (κ3) is 15.7. The standard InChI is InChI=1S/C35H57N5O8/c1-8-23(7)32(39-28(42)16-13-17-30(44)45)35(48)38-26(18-21(3)4)33(46)37-25(19-24-14-11-10-12-15-24)27(41)20-29(43)40-31(22(5)6)34(47)36-9-2/h10-12,14-15,21-23,25-27,31-32,41H,8-9,13,16-20H2,1-7H3,(H,36,47)(H,37,46)(H,38,48)(H,39,42)(H,40,43)(H,44,45)/t23-,25-,26-,27-,31-,32-/m0/s1. The maximum Gasteiger partial charge on any atom is 0.303 e. The second kappa shape index (κ2) is 21.8. The zero-order valence-corrected chi connectivity index (χ0v) is 29.5. The van der Waals surface area contributed by atoms with Crippen LogP contribution in [0.3, 0.4) is 0 Å². The Kier molecular flexibility index (Phi) is 19.1. The first-order valence-corrected chi connectivity index (χ1v) is 17.0. The predicted molar refractivity (Wildman–Crippen MR) is 182 cm³/mol. The van der Waals surface area contributed by atoms with E-state index in [1.807, 2.05) is 51.1 Å². The first-order valence-electron chi connectivity index (χ1n) is 17.0. The van der Waals surface area contributed by atoms with Crippen LogP contribution in [0.2, 0.25) is 0 Å². The SMILES string of the molecule is CCNC(=O)[C@@H](NC(=O)C[C@H](O)[C@H](Cc1ccccc1)NC(=O)[C@H](CC(C)C)NC(=O)[C@@H](NC(=O)CCCC(=O)O)[C@@H](C)CC)C(C)C. The highest BCUT2D eigenvalue weighted by Crippen LogP contribution is 2.14. The number of carboxylic acids is 1. The molecule has 0 fully saturated rings. The largest absolute Gasteiger partial charge is 0.481 e. The van der Waals surface area contributed by atoms with Crippen LogP contribution in [0.25, 0.3) is 0 Å². The van der Waals surface area contributed by atoms with Gasteiger partial charge in [0, 0.05) is 19.4 Å². The minimum Gasteiger partial charge on any atom is -0.481 e. The molecular weight excluding hydrogens is 618 g/mol. The van der Waals surface area contributed by atoms with E-state index in [1.165, 1.54) is 0 Å². The molecule has 0 aliphatic carbocycles. The summed E-state index contributed by atoms with van der Waals surface area (Å²) in [5, 5.41) is 33.9. The summed E-state index contributed by atoms with van der Waals surface area (Å²) in [5.74, 6) is -3.97. The molecule has 0 aromatic heterocycles. The summed E-state index contributed by atoms with van der Waals surface area (Å²) < 4.78 is 0. The Bertz CT molecular complexity index is 1190. The third-order valence-corrected chi connectivity index (χ3v) is 8.05. The highest BCUT2D eigenvalue weighted by molar-refractivity contribution is 5.92. The molecule has 7 N–H and O–H groups in total. The fourth-order valence-electron chi connectivity index (χ4n) is 5.13. The number of hydrogen-bond acceptors (Lipinski definition) is 7. The molecule has 0 spiro atoms. The van der Waals surface area contributed by atoms with Crippen molar-refractivity contribution in [2.24, 2.45) is 17.8 Å². The summed E-state index contributed by atoms with van der Waals surface area (Å²) in [6.45, 7) is 13.2. The van der Waals surface area contributed by atoms with Crippen LogP contribution < -0.4 is 26.6 Å². The zero-order valence-electron chi connectivity index (χ0n) is 29.5. The Balaban J connectivity index is 3.19. The summed E-state index contributed by atoms with van der Waals surface area (Å²) in [7, 11) is 0. The molecule has 1 aromatic rings. The van der Waals surface area contributed by atoms with Crippen molar-refractivity contribution in [2.75, 3.05) is 6.54 Å². The smallest absolute Gasteiger partial charge is 0.303 e. The number of aliphatic hydroxyl groups excluding tert-OH is 1. The van der Waals surface area contributed by atoms with Crippen molar-refractivity contribution >= 4 is 35.5 Å². The molecule has 0 aliphatic heterocycles. The van der Waals surface area contributed by atoms with Gasteiger partial charge in [-0.05, 0) is 49.5 Å².